The Morgan fingerprint density at radius 2 is 1.24 bits per heavy atom. The molecule has 3 nitrogen and oxygen atoms in total. The van der Waals surface area contributed by atoms with Crippen LogP contribution in [0.3, 0.4) is 0 Å². The van der Waals surface area contributed by atoms with Gasteiger partial charge in [-0.3, -0.25) is 4.79 Å². The lowest BCUT2D eigenvalue weighted by atomic mass is 9.94. The van der Waals surface area contributed by atoms with Crippen molar-refractivity contribution in [2.75, 3.05) is 6.61 Å². The third kappa shape index (κ3) is 16.6. The molecule has 1 unspecified atom stereocenters. The molecular weight excluding hydrogens is 312 g/mol. The van der Waals surface area contributed by atoms with E-state index in [2.05, 4.69) is 13.8 Å². The number of unbranched alkanes of at least 4 members (excludes halogenated alkanes) is 9. The number of aliphatic hydroxyl groups excluding tert-OH is 1. The lowest BCUT2D eigenvalue weighted by Crippen LogP contribution is -2.19. The minimum Gasteiger partial charge on any atom is -0.465 e. The van der Waals surface area contributed by atoms with Crippen molar-refractivity contribution in [2.24, 2.45) is 5.92 Å². The van der Waals surface area contributed by atoms with Crippen molar-refractivity contribution in [1.82, 2.24) is 0 Å². The Kier molecular flexibility index (Phi) is 17.8. The van der Waals surface area contributed by atoms with E-state index < -0.39 is 0 Å². The zero-order valence-corrected chi connectivity index (χ0v) is 17.2. The van der Waals surface area contributed by atoms with Crippen molar-refractivity contribution in [1.29, 1.82) is 0 Å². The van der Waals surface area contributed by atoms with Gasteiger partial charge in [-0.05, 0) is 39.0 Å². The molecule has 150 valence electrons. The molecule has 1 N–H and O–H groups in total. The summed E-state index contributed by atoms with van der Waals surface area (Å²) in [5, 5.41) is 9.26. The fourth-order valence-corrected chi connectivity index (χ4v) is 3.20. The van der Waals surface area contributed by atoms with Crippen LogP contribution in [0.2, 0.25) is 0 Å². The highest BCUT2D eigenvalue weighted by Crippen LogP contribution is 2.20. The second-order valence-corrected chi connectivity index (χ2v) is 7.62. The van der Waals surface area contributed by atoms with Gasteiger partial charge in [-0.1, -0.05) is 78.1 Å². The fraction of sp³-hybridized carbons (Fsp3) is 0.955. The molecule has 3 heteroatoms. The molecule has 0 aliphatic carbocycles. The highest BCUT2D eigenvalue weighted by molar-refractivity contribution is 5.72. The average Bonchev–Trinajstić information content (AvgIpc) is 2.59. The summed E-state index contributed by atoms with van der Waals surface area (Å²) in [6, 6.07) is 0. The van der Waals surface area contributed by atoms with Crippen LogP contribution in [0.5, 0.6) is 0 Å². The predicted octanol–water partition coefficient (Wildman–Crippen LogP) is 6.42. The van der Waals surface area contributed by atoms with Crippen LogP contribution in [-0.2, 0) is 9.53 Å². The Morgan fingerprint density at radius 1 is 0.760 bits per heavy atom. The van der Waals surface area contributed by atoms with Gasteiger partial charge < -0.3 is 9.84 Å². The minimum atomic E-state index is -0.255. The molecule has 0 aliphatic rings. The molecule has 0 amide bonds. The van der Waals surface area contributed by atoms with Crippen LogP contribution >= 0.6 is 0 Å². The van der Waals surface area contributed by atoms with E-state index in [1.54, 1.807) is 6.92 Å². The predicted molar refractivity (Wildman–Crippen MR) is 107 cm³/mol. The first-order chi connectivity index (χ1) is 12.1. The van der Waals surface area contributed by atoms with E-state index in [0.29, 0.717) is 6.61 Å². The molecule has 2 atom stereocenters. The van der Waals surface area contributed by atoms with E-state index in [4.69, 9.17) is 4.74 Å². The van der Waals surface area contributed by atoms with Gasteiger partial charge >= 0.3 is 5.97 Å². The highest BCUT2D eigenvalue weighted by Gasteiger charge is 2.19. The standard InChI is InChI=1S/C22H44O3/c1-4-6-8-10-11-13-18-21(17-12-9-7-5-2)22(24)25-19-15-14-16-20(3)23/h20-21,23H,4-19H2,1-3H3/t20-,21?/m0/s1. The zero-order valence-electron chi connectivity index (χ0n) is 17.2. The maximum atomic E-state index is 12.4. The van der Waals surface area contributed by atoms with Crippen molar-refractivity contribution in [2.45, 2.75) is 123 Å². The lowest BCUT2D eigenvalue weighted by molar-refractivity contribution is -0.149. The van der Waals surface area contributed by atoms with Crippen LogP contribution < -0.4 is 0 Å². The summed E-state index contributed by atoms with van der Waals surface area (Å²) in [5.41, 5.74) is 0. The van der Waals surface area contributed by atoms with Crippen molar-refractivity contribution in [3.8, 4) is 0 Å². The second kappa shape index (κ2) is 18.2. The summed E-state index contributed by atoms with van der Waals surface area (Å²) in [4.78, 5) is 12.4. The van der Waals surface area contributed by atoms with Crippen molar-refractivity contribution in [3.05, 3.63) is 0 Å². The SMILES string of the molecule is CCCCCCCCC(CCCCCC)C(=O)OCCCC[C@H](C)O. The lowest BCUT2D eigenvalue weighted by Gasteiger charge is -2.16. The van der Waals surface area contributed by atoms with Gasteiger partial charge in [0.25, 0.3) is 0 Å². The maximum absolute atomic E-state index is 12.4. The smallest absolute Gasteiger partial charge is 0.308 e. The molecule has 0 fully saturated rings. The Morgan fingerprint density at radius 3 is 1.80 bits per heavy atom. The topological polar surface area (TPSA) is 46.5 Å². The van der Waals surface area contributed by atoms with Gasteiger partial charge in [0, 0.05) is 0 Å². The molecule has 0 saturated heterocycles. The molecule has 25 heavy (non-hydrogen) atoms. The van der Waals surface area contributed by atoms with Crippen LogP contribution in [0.1, 0.15) is 117 Å². The number of hydrogen-bond donors (Lipinski definition) is 1. The first kappa shape index (κ1) is 24.4. The third-order valence-electron chi connectivity index (χ3n) is 4.91. The van der Waals surface area contributed by atoms with E-state index in [9.17, 15) is 9.90 Å². The van der Waals surface area contributed by atoms with Gasteiger partial charge in [0.1, 0.15) is 0 Å². The fourth-order valence-electron chi connectivity index (χ4n) is 3.20. The van der Waals surface area contributed by atoms with Crippen LogP contribution in [0.15, 0.2) is 0 Å². The summed E-state index contributed by atoms with van der Waals surface area (Å²) in [6.07, 6.45) is 16.8. The first-order valence-electron chi connectivity index (χ1n) is 11.0. The normalized spacial score (nSPS) is 13.6. The van der Waals surface area contributed by atoms with Crippen LogP contribution in [0.4, 0.5) is 0 Å². The molecule has 0 aromatic heterocycles. The second-order valence-electron chi connectivity index (χ2n) is 7.62. The summed E-state index contributed by atoms with van der Waals surface area (Å²) in [6.45, 7) is 6.77. The van der Waals surface area contributed by atoms with Gasteiger partial charge in [-0.25, -0.2) is 0 Å². The van der Waals surface area contributed by atoms with Gasteiger partial charge in [-0.15, -0.1) is 0 Å². The maximum Gasteiger partial charge on any atom is 0.308 e. The Bertz CT molecular complexity index is 289. The number of rotatable bonds is 18. The molecule has 0 rings (SSSR count). The molecule has 0 radical (unpaired) electrons. The van der Waals surface area contributed by atoms with Gasteiger partial charge in [-0.2, -0.15) is 0 Å². The Hall–Kier alpha value is -0.570. The minimum absolute atomic E-state index is 0.0158. The highest BCUT2D eigenvalue weighted by atomic mass is 16.5. The van der Waals surface area contributed by atoms with Gasteiger partial charge in [0.15, 0.2) is 0 Å². The number of aliphatic hydroxyl groups is 1. The van der Waals surface area contributed by atoms with Crippen molar-refractivity contribution >= 4 is 5.97 Å². The molecule has 0 saturated carbocycles. The summed E-state index contributed by atoms with van der Waals surface area (Å²) >= 11 is 0. The van der Waals surface area contributed by atoms with E-state index in [1.165, 1.54) is 51.4 Å². The van der Waals surface area contributed by atoms with Crippen LogP contribution in [0.25, 0.3) is 0 Å². The number of hydrogen-bond acceptors (Lipinski definition) is 3. The number of ether oxygens (including phenoxy) is 1. The number of esters is 1. The molecule has 0 spiro atoms. The van der Waals surface area contributed by atoms with Crippen LogP contribution in [0, 0.1) is 5.92 Å². The molecular formula is C22H44O3. The van der Waals surface area contributed by atoms with Crippen molar-refractivity contribution in [3.63, 3.8) is 0 Å². The average molecular weight is 357 g/mol. The summed E-state index contributed by atoms with van der Waals surface area (Å²) < 4.78 is 5.52. The van der Waals surface area contributed by atoms with Crippen LogP contribution in [-0.4, -0.2) is 23.8 Å². The van der Waals surface area contributed by atoms with E-state index in [1.807, 2.05) is 0 Å². The van der Waals surface area contributed by atoms with E-state index in [-0.39, 0.29) is 18.0 Å². The Balaban J connectivity index is 4.01. The molecule has 0 aromatic rings. The third-order valence-corrected chi connectivity index (χ3v) is 4.91. The quantitative estimate of drug-likeness (QED) is 0.228. The molecule has 0 heterocycles. The first-order valence-corrected chi connectivity index (χ1v) is 11.0. The molecule has 0 aliphatic heterocycles. The van der Waals surface area contributed by atoms with E-state index in [0.717, 1.165) is 44.9 Å². The number of carbonyl (C=O) groups is 1. The summed E-state index contributed by atoms with van der Waals surface area (Å²) in [7, 11) is 0. The molecule has 0 bridgehead atoms. The zero-order chi connectivity index (χ0) is 18.8. The Labute approximate surface area is 156 Å². The van der Waals surface area contributed by atoms with E-state index >= 15 is 0 Å². The van der Waals surface area contributed by atoms with Crippen molar-refractivity contribution < 1.29 is 14.6 Å². The monoisotopic (exact) mass is 356 g/mol. The van der Waals surface area contributed by atoms with Gasteiger partial charge in [0.2, 0.25) is 0 Å². The number of carbonyl (C=O) groups excluding carboxylic acids is 1. The summed E-state index contributed by atoms with van der Waals surface area (Å²) in [5.74, 6) is 0.113. The van der Waals surface area contributed by atoms with Gasteiger partial charge in [0.05, 0.1) is 18.6 Å². The molecule has 0 aromatic carbocycles. The largest absolute Gasteiger partial charge is 0.465 e.